The van der Waals surface area contributed by atoms with Crippen LogP contribution in [0.3, 0.4) is 0 Å². The van der Waals surface area contributed by atoms with Crippen LogP contribution < -0.4 is 5.32 Å². The molecular weight excluding hydrogens is 272 g/mol. The second kappa shape index (κ2) is 5.56. The van der Waals surface area contributed by atoms with Crippen LogP contribution in [0.15, 0.2) is 11.4 Å². The predicted molar refractivity (Wildman–Crippen MR) is 80.5 cm³/mol. The van der Waals surface area contributed by atoms with Crippen LogP contribution in [0.4, 0.5) is 0 Å². The first-order valence-corrected chi connectivity index (χ1v) is 7.97. The van der Waals surface area contributed by atoms with Crippen LogP contribution in [0, 0.1) is 0 Å². The van der Waals surface area contributed by atoms with Crippen molar-refractivity contribution in [2.45, 2.75) is 58.7 Å². The van der Waals surface area contributed by atoms with Gasteiger partial charge in [0, 0.05) is 4.88 Å². The summed E-state index contributed by atoms with van der Waals surface area (Å²) in [7, 11) is 0. The number of piperazine rings is 1. The smallest absolute Gasteiger partial charge is 0.248 e. The highest BCUT2D eigenvalue weighted by molar-refractivity contribution is 7.10. The molecule has 1 aromatic rings. The number of amides is 2. The first-order valence-electron chi connectivity index (χ1n) is 7.09. The first kappa shape index (κ1) is 15.0. The summed E-state index contributed by atoms with van der Waals surface area (Å²) in [5.74, 6) is -0.0499. The van der Waals surface area contributed by atoms with Gasteiger partial charge in [-0.05, 0) is 43.7 Å². The minimum Gasteiger partial charge on any atom is -0.340 e. The van der Waals surface area contributed by atoms with Gasteiger partial charge in [0.05, 0.1) is 6.54 Å². The molecule has 5 heteroatoms. The monoisotopic (exact) mass is 294 g/mol. The van der Waals surface area contributed by atoms with Gasteiger partial charge in [0.25, 0.3) is 0 Å². The topological polar surface area (TPSA) is 49.4 Å². The van der Waals surface area contributed by atoms with Crippen LogP contribution in [-0.4, -0.2) is 28.3 Å². The van der Waals surface area contributed by atoms with Gasteiger partial charge in [-0.1, -0.05) is 13.8 Å². The number of hydrogen-bond acceptors (Lipinski definition) is 3. The fourth-order valence-corrected chi connectivity index (χ4v) is 3.62. The van der Waals surface area contributed by atoms with Crippen LogP contribution in [0.1, 0.15) is 44.6 Å². The fourth-order valence-electron chi connectivity index (χ4n) is 2.65. The molecule has 0 aliphatic carbocycles. The summed E-state index contributed by atoms with van der Waals surface area (Å²) >= 11 is 1.66. The second-order valence-corrected chi connectivity index (χ2v) is 6.69. The Hall–Kier alpha value is -1.36. The van der Waals surface area contributed by atoms with Gasteiger partial charge in [0.1, 0.15) is 11.6 Å². The number of nitrogens with one attached hydrogen (secondary N) is 1. The van der Waals surface area contributed by atoms with Gasteiger partial charge in [-0.15, -0.1) is 11.3 Å². The zero-order valence-electron chi connectivity index (χ0n) is 12.5. The van der Waals surface area contributed by atoms with E-state index in [0.717, 1.165) is 6.42 Å². The molecule has 1 aliphatic heterocycles. The maximum atomic E-state index is 12.6. The summed E-state index contributed by atoms with van der Waals surface area (Å²) in [5.41, 5.74) is 0.452. The van der Waals surface area contributed by atoms with E-state index in [2.05, 4.69) is 23.7 Å². The van der Waals surface area contributed by atoms with E-state index in [4.69, 9.17) is 0 Å². The fraction of sp³-hybridized carbons (Fsp3) is 0.600. The molecule has 1 aliphatic rings. The number of hydrogen-bond donors (Lipinski definition) is 1. The molecule has 0 aromatic carbocycles. The van der Waals surface area contributed by atoms with Crippen molar-refractivity contribution in [2.75, 3.05) is 0 Å². The van der Waals surface area contributed by atoms with Crippen molar-refractivity contribution in [1.29, 1.82) is 0 Å². The van der Waals surface area contributed by atoms with Crippen LogP contribution in [-0.2, 0) is 22.6 Å². The minimum absolute atomic E-state index is 0.000553. The summed E-state index contributed by atoms with van der Waals surface area (Å²) in [5, 5.41) is 4.87. The number of rotatable bonds is 4. The molecule has 4 nitrogen and oxygen atoms in total. The molecule has 2 rings (SSSR count). The van der Waals surface area contributed by atoms with Crippen molar-refractivity contribution in [3.05, 3.63) is 21.9 Å². The van der Waals surface area contributed by atoms with Gasteiger partial charge < -0.3 is 10.2 Å². The van der Waals surface area contributed by atoms with E-state index in [-0.39, 0.29) is 17.9 Å². The van der Waals surface area contributed by atoms with E-state index in [1.807, 2.05) is 6.92 Å². The molecule has 1 fully saturated rings. The lowest BCUT2D eigenvalue weighted by Crippen LogP contribution is -2.67. The second-order valence-electron chi connectivity index (χ2n) is 5.69. The Morgan fingerprint density at radius 1 is 1.35 bits per heavy atom. The van der Waals surface area contributed by atoms with Crippen molar-refractivity contribution in [3.8, 4) is 0 Å². The number of nitrogens with zero attached hydrogens (tertiary/aromatic N) is 1. The van der Waals surface area contributed by atoms with Gasteiger partial charge in [0.15, 0.2) is 0 Å². The quantitative estimate of drug-likeness (QED) is 0.926. The maximum absolute atomic E-state index is 12.6. The summed E-state index contributed by atoms with van der Waals surface area (Å²) in [6, 6.07) is 1.74. The van der Waals surface area contributed by atoms with Gasteiger partial charge in [-0.3, -0.25) is 9.59 Å². The van der Waals surface area contributed by atoms with E-state index >= 15 is 0 Å². The molecule has 1 aromatic heterocycles. The van der Waals surface area contributed by atoms with Crippen molar-refractivity contribution in [3.63, 3.8) is 0 Å². The average Bonchev–Trinajstić information content (AvgIpc) is 2.82. The molecule has 0 spiro atoms. The summed E-state index contributed by atoms with van der Waals surface area (Å²) in [6.07, 6.45) is 1.59. The molecule has 1 unspecified atom stereocenters. The van der Waals surface area contributed by atoms with Gasteiger partial charge >= 0.3 is 0 Å². The minimum atomic E-state index is -0.813. The normalized spacial score (nSPS) is 22.0. The Balaban J connectivity index is 2.30. The zero-order chi connectivity index (χ0) is 14.9. The van der Waals surface area contributed by atoms with E-state index in [1.54, 1.807) is 30.1 Å². The van der Waals surface area contributed by atoms with E-state index in [1.165, 1.54) is 10.4 Å². The highest BCUT2D eigenvalue weighted by Crippen LogP contribution is 2.26. The molecular formula is C15H22N2O2S. The molecule has 0 radical (unpaired) electrons. The van der Waals surface area contributed by atoms with E-state index < -0.39 is 5.54 Å². The molecule has 2 amide bonds. The molecule has 2 heterocycles. The standard InChI is InChI=1S/C15H22N2O2S/c1-5-10-7-8-20-12(10)9-17-11(6-2)13(18)16-15(3,4)14(17)19/h7-8,11H,5-6,9H2,1-4H3,(H,16,18). The molecule has 20 heavy (non-hydrogen) atoms. The number of carbonyl (C=O) groups excluding carboxylic acids is 2. The maximum Gasteiger partial charge on any atom is 0.248 e. The number of aryl methyl sites for hydroxylation is 1. The highest BCUT2D eigenvalue weighted by atomic mass is 32.1. The van der Waals surface area contributed by atoms with Crippen molar-refractivity contribution in [1.82, 2.24) is 10.2 Å². The van der Waals surface area contributed by atoms with Gasteiger partial charge in [0.2, 0.25) is 11.8 Å². The third kappa shape index (κ3) is 2.59. The Morgan fingerprint density at radius 2 is 2.05 bits per heavy atom. The first-order chi connectivity index (χ1) is 9.40. The SMILES string of the molecule is CCc1ccsc1CN1C(=O)C(C)(C)NC(=O)C1CC. The molecule has 110 valence electrons. The Kier molecular flexibility index (Phi) is 4.18. The Morgan fingerprint density at radius 3 is 2.65 bits per heavy atom. The zero-order valence-corrected chi connectivity index (χ0v) is 13.3. The van der Waals surface area contributed by atoms with Gasteiger partial charge in [-0.2, -0.15) is 0 Å². The third-order valence-corrected chi connectivity index (χ3v) is 4.78. The predicted octanol–water partition coefficient (Wildman–Crippen LogP) is 2.33. The van der Waals surface area contributed by atoms with E-state index in [0.29, 0.717) is 13.0 Å². The number of thiophene rings is 1. The van der Waals surface area contributed by atoms with Crippen LogP contribution in [0.5, 0.6) is 0 Å². The van der Waals surface area contributed by atoms with Gasteiger partial charge in [-0.25, -0.2) is 0 Å². The molecule has 0 saturated carbocycles. The van der Waals surface area contributed by atoms with Crippen LogP contribution in [0.2, 0.25) is 0 Å². The average molecular weight is 294 g/mol. The Labute approximate surface area is 124 Å². The lowest BCUT2D eigenvalue weighted by Gasteiger charge is -2.42. The molecule has 1 N–H and O–H groups in total. The van der Waals surface area contributed by atoms with Crippen LogP contribution in [0.25, 0.3) is 0 Å². The molecule has 0 bridgehead atoms. The van der Waals surface area contributed by atoms with Crippen molar-refractivity contribution < 1.29 is 9.59 Å². The third-order valence-electron chi connectivity index (χ3n) is 3.83. The summed E-state index contributed by atoms with van der Waals surface area (Å²) in [6.45, 7) is 8.12. The highest BCUT2D eigenvalue weighted by Gasteiger charge is 2.44. The van der Waals surface area contributed by atoms with E-state index in [9.17, 15) is 9.59 Å². The van der Waals surface area contributed by atoms with Crippen LogP contribution >= 0.6 is 11.3 Å². The molecule has 1 saturated heterocycles. The van der Waals surface area contributed by atoms with Crippen molar-refractivity contribution in [2.24, 2.45) is 0 Å². The lowest BCUT2D eigenvalue weighted by atomic mass is 9.95. The van der Waals surface area contributed by atoms with Crippen molar-refractivity contribution >= 4 is 23.2 Å². The molecule has 1 atom stereocenters. The summed E-state index contributed by atoms with van der Waals surface area (Å²) in [4.78, 5) is 27.7. The largest absolute Gasteiger partial charge is 0.340 e. The lowest BCUT2D eigenvalue weighted by molar-refractivity contribution is -0.154. The Bertz CT molecular complexity index is 522. The number of carbonyl (C=O) groups is 2. The summed E-state index contributed by atoms with van der Waals surface area (Å²) < 4.78 is 0.